The predicted octanol–water partition coefficient (Wildman–Crippen LogP) is 7.67. The van der Waals surface area contributed by atoms with E-state index in [4.69, 9.17) is 21.0 Å². The highest BCUT2D eigenvalue weighted by Gasteiger charge is 2.13. The highest BCUT2D eigenvalue weighted by molar-refractivity contribution is 7.25. The van der Waals surface area contributed by atoms with Gasteiger partial charge in [0.25, 0.3) is 0 Å². The largest absolute Gasteiger partial charge is 0.436 e. The Labute approximate surface area is 163 Å². The number of oxazole rings is 1. The Morgan fingerprint density at radius 1 is 0.778 bits per heavy atom. The maximum Gasteiger partial charge on any atom is 0.227 e. The van der Waals surface area contributed by atoms with E-state index in [1.54, 1.807) is 11.3 Å². The van der Waals surface area contributed by atoms with E-state index in [9.17, 15) is 0 Å². The van der Waals surface area contributed by atoms with Crippen molar-refractivity contribution in [1.82, 2.24) is 4.98 Å². The predicted molar refractivity (Wildman–Crippen MR) is 115 cm³/mol. The molecule has 0 aliphatic heterocycles. The van der Waals surface area contributed by atoms with Gasteiger partial charge in [-0.15, -0.1) is 11.3 Å². The number of hydrogen-bond donors (Lipinski definition) is 0. The van der Waals surface area contributed by atoms with Gasteiger partial charge in [-0.25, -0.2) is 4.98 Å². The summed E-state index contributed by atoms with van der Waals surface area (Å²) in [4.78, 5) is 4.74. The number of halogens is 1. The zero-order valence-electron chi connectivity index (χ0n) is 14.1. The van der Waals surface area contributed by atoms with Crippen LogP contribution in [0.2, 0.25) is 5.02 Å². The SMILES string of the molecule is Clc1ccc2sc3cc4nc(-c5ccc6ccccc6c5)oc4cc3c2c1. The lowest BCUT2D eigenvalue weighted by Crippen LogP contribution is -1.78. The molecule has 0 aliphatic rings. The Morgan fingerprint density at radius 3 is 2.56 bits per heavy atom. The highest BCUT2D eigenvalue weighted by Crippen LogP contribution is 2.38. The molecule has 0 aliphatic carbocycles. The summed E-state index contributed by atoms with van der Waals surface area (Å²) < 4.78 is 8.53. The molecule has 2 heterocycles. The van der Waals surface area contributed by atoms with Gasteiger partial charge in [0.05, 0.1) is 0 Å². The number of rotatable bonds is 1. The molecule has 0 saturated carbocycles. The molecule has 0 spiro atoms. The van der Waals surface area contributed by atoms with Crippen molar-refractivity contribution in [3.63, 3.8) is 0 Å². The Balaban J connectivity index is 1.57. The molecular formula is C23H12ClNOS. The second-order valence-electron chi connectivity index (χ2n) is 6.64. The van der Waals surface area contributed by atoms with Crippen LogP contribution >= 0.6 is 22.9 Å². The van der Waals surface area contributed by atoms with Gasteiger partial charge < -0.3 is 4.42 Å². The van der Waals surface area contributed by atoms with E-state index in [1.807, 2.05) is 24.3 Å². The van der Waals surface area contributed by atoms with Gasteiger partial charge in [0.1, 0.15) is 5.52 Å². The fraction of sp³-hybridized carbons (Fsp3) is 0. The monoisotopic (exact) mass is 385 g/mol. The molecule has 2 aromatic heterocycles. The summed E-state index contributed by atoms with van der Waals surface area (Å²) in [6, 6.07) is 24.8. The maximum atomic E-state index is 6.19. The zero-order valence-corrected chi connectivity index (χ0v) is 15.6. The standard InChI is InChI=1S/C23H12ClNOS/c24-16-7-8-21-17(10-16)18-11-20-19(12-22(18)27-21)25-23(26-20)15-6-5-13-3-1-2-4-14(13)9-15/h1-12H. The molecule has 0 N–H and O–H groups in total. The third-order valence-corrected chi connectivity index (χ3v) is 6.31. The van der Waals surface area contributed by atoms with Crippen molar-refractivity contribution in [2.75, 3.05) is 0 Å². The number of hydrogen-bond acceptors (Lipinski definition) is 3. The van der Waals surface area contributed by atoms with Crippen LogP contribution in [0.4, 0.5) is 0 Å². The molecule has 6 rings (SSSR count). The fourth-order valence-corrected chi connectivity index (χ4v) is 4.89. The molecule has 2 nitrogen and oxygen atoms in total. The molecule has 0 fully saturated rings. The first-order valence-electron chi connectivity index (χ1n) is 8.66. The summed E-state index contributed by atoms with van der Waals surface area (Å²) in [5, 5.41) is 5.45. The molecule has 27 heavy (non-hydrogen) atoms. The minimum Gasteiger partial charge on any atom is -0.436 e. The molecule has 0 radical (unpaired) electrons. The smallest absolute Gasteiger partial charge is 0.227 e. The summed E-state index contributed by atoms with van der Waals surface area (Å²) in [5.41, 5.74) is 2.66. The number of thiophene rings is 1. The molecule has 6 aromatic rings. The third-order valence-electron chi connectivity index (χ3n) is 4.94. The summed E-state index contributed by atoms with van der Waals surface area (Å²) in [7, 11) is 0. The summed E-state index contributed by atoms with van der Waals surface area (Å²) >= 11 is 7.95. The molecular weight excluding hydrogens is 374 g/mol. The van der Waals surface area contributed by atoms with E-state index in [-0.39, 0.29) is 0 Å². The van der Waals surface area contributed by atoms with Gasteiger partial charge in [0, 0.05) is 30.8 Å². The van der Waals surface area contributed by atoms with Crippen molar-refractivity contribution in [2.24, 2.45) is 0 Å². The van der Waals surface area contributed by atoms with Gasteiger partial charge in [-0.3, -0.25) is 0 Å². The van der Waals surface area contributed by atoms with Gasteiger partial charge in [-0.05, 0) is 53.2 Å². The van der Waals surface area contributed by atoms with E-state index in [0.717, 1.165) is 32.5 Å². The normalized spacial score (nSPS) is 11.9. The van der Waals surface area contributed by atoms with Crippen molar-refractivity contribution in [3.05, 3.63) is 77.8 Å². The van der Waals surface area contributed by atoms with Gasteiger partial charge in [-0.2, -0.15) is 0 Å². The fourth-order valence-electron chi connectivity index (χ4n) is 3.62. The van der Waals surface area contributed by atoms with Crippen molar-refractivity contribution in [3.8, 4) is 11.5 Å². The number of fused-ring (bicyclic) bond motifs is 5. The second-order valence-corrected chi connectivity index (χ2v) is 8.16. The number of benzene rings is 4. The van der Waals surface area contributed by atoms with Crippen LogP contribution in [-0.2, 0) is 0 Å². The Kier molecular flexibility index (Phi) is 3.13. The van der Waals surface area contributed by atoms with Crippen molar-refractivity contribution >= 4 is 65.0 Å². The summed E-state index contributed by atoms with van der Waals surface area (Å²) in [6.45, 7) is 0. The number of aromatic nitrogens is 1. The van der Waals surface area contributed by atoms with Gasteiger partial charge in [0.2, 0.25) is 5.89 Å². The number of nitrogens with zero attached hydrogens (tertiary/aromatic N) is 1. The van der Waals surface area contributed by atoms with Crippen LogP contribution in [0.5, 0.6) is 0 Å². The second kappa shape index (κ2) is 5.56. The average molecular weight is 386 g/mol. The maximum absolute atomic E-state index is 6.19. The van der Waals surface area contributed by atoms with Crippen LogP contribution in [0.15, 0.2) is 77.2 Å². The summed E-state index contributed by atoms with van der Waals surface area (Å²) in [5.74, 6) is 0.649. The van der Waals surface area contributed by atoms with Crippen LogP contribution in [-0.4, -0.2) is 4.98 Å². The van der Waals surface area contributed by atoms with E-state index in [2.05, 4.69) is 48.5 Å². The lowest BCUT2D eigenvalue weighted by molar-refractivity contribution is 0.620. The molecule has 4 heteroatoms. The minimum absolute atomic E-state index is 0.649. The Bertz CT molecular complexity index is 1490. The van der Waals surface area contributed by atoms with Gasteiger partial charge in [-0.1, -0.05) is 41.9 Å². The van der Waals surface area contributed by atoms with Crippen LogP contribution in [0.3, 0.4) is 0 Å². The first-order chi connectivity index (χ1) is 13.2. The van der Waals surface area contributed by atoms with Crippen molar-refractivity contribution in [2.45, 2.75) is 0 Å². The van der Waals surface area contributed by atoms with E-state index in [0.29, 0.717) is 5.89 Å². The van der Waals surface area contributed by atoms with Crippen LogP contribution in [0.1, 0.15) is 0 Å². The van der Waals surface area contributed by atoms with Gasteiger partial charge >= 0.3 is 0 Å². The van der Waals surface area contributed by atoms with E-state index >= 15 is 0 Å². The Hall–Kier alpha value is -2.88. The molecule has 0 saturated heterocycles. The third kappa shape index (κ3) is 2.36. The van der Waals surface area contributed by atoms with Crippen LogP contribution in [0, 0.1) is 0 Å². The molecule has 0 unspecified atom stereocenters. The van der Waals surface area contributed by atoms with E-state index < -0.39 is 0 Å². The molecule has 0 amide bonds. The quantitative estimate of drug-likeness (QED) is 0.290. The van der Waals surface area contributed by atoms with Crippen LogP contribution < -0.4 is 0 Å². The highest BCUT2D eigenvalue weighted by atomic mass is 35.5. The first-order valence-corrected chi connectivity index (χ1v) is 9.86. The first kappa shape index (κ1) is 15.2. The summed E-state index contributed by atoms with van der Waals surface area (Å²) in [6.07, 6.45) is 0. The zero-order chi connectivity index (χ0) is 18.0. The van der Waals surface area contributed by atoms with E-state index in [1.165, 1.54) is 20.2 Å². The Morgan fingerprint density at radius 2 is 1.63 bits per heavy atom. The molecule has 0 bridgehead atoms. The topological polar surface area (TPSA) is 26.0 Å². The lowest BCUT2D eigenvalue weighted by Gasteiger charge is -1.99. The average Bonchev–Trinajstić information content (AvgIpc) is 3.26. The molecule has 0 atom stereocenters. The van der Waals surface area contributed by atoms with Crippen molar-refractivity contribution in [1.29, 1.82) is 0 Å². The minimum atomic E-state index is 0.649. The molecule has 4 aromatic carbocycles. The lowest BCUT2D eigenvalue weighted by atomic mass is 10.1. The van der Waals surface area contributed by atoms with Crippen LogP contribution in [0.25, 0.3) is 53.5 Å². The van der Waals surface area contributed by atoms with Crippen molar-refractivity contribution < 1.29 is 4.42 Å². The van der Waals surface area contributed by atoms with Gasteiger partial charge in [0.15, 0.2) is 5.58 Å². The molecule has 128 valence electrons.